The molecule has 3 rings (SSSR count). The topological polar surface area (TPSA) is 21.3 Å². The summed E-state index contributed by atoms with van der Waals surface area (Å²) in [6, 6.07) is 0.862. The van der Waals surface area contributed by atoms with Gasteiger partial charge in [0, 0.05) is 6.04 Å². The molecule has 3 aliphatic rings. The fourth-order valence-corrected chi connectivity index (χ4v) is 2.82. The average molecular weight is 221 g/mol. The summed E-state index contributed by atoms with van der Waals surface area (Å²) in [6.07, 6.45) is 10.6. The Morgan fingerprint density at radius 2 is 2.00 bits per heavy atom. The molecule has 0 aromatic heterocycles. The molecule has 0 spiro atoms. The fourth-order valence-electron chi connectivity index (χ4n) is 2.82. The van der Waals surface area contributed by atoms with E-state index in [9.17, 15) is 0 Å². The molecule has 0 bridgehead atoms. The van der Waals surface area contributed by atoms with Crippen LogP contribution in [0.5, 0.6) is 0 Å². The molecule has 0 aromatic carbocycles. The summed E-state index contributed by atoms with van der Waals surface area (Å²) in [6.45, 7) is 2.95. The highest BCUT2D eigenvalue weighted by molar-refractivity contribution is 5.05. The van der Waals surface area contributed by atoms with Crippen molar-refractivity contribution in [3.63, 3.8) is 0 Å². The van der Waals surface area contributed by atoms with Gasteiger partial charge in [-0.25, -0.2) is 0 Å². The first-order chi connectivity index (χ1) is 7.93. The van der Waals surface area contributed by atoms with Crippen LogP contribution < -0.4 is 5.32 Å². The Hall–Kier alpha value is -0.340. The van der Waals surface area contributed by atoms with Crippen molar-refractivity contribution in [1.82, 2.24) is 5.32 Å². The van der Waals surface area contributed by atoms with Gasteiger partial charge >= 0.3 is 0 Å². The van der Waals surface area contributed by atoms with Crippen LogP contribution in [-0.2, 0) is 4.74 Å². The van der Waals surface area contributed by atoms with Gasteiger partial charge in [-0.05, 0) is 56.9 Å². The van der Waals surface area contributed by atoms with E-state index >= 15 is 0 Å². The zero-order chi connectivity index (χ0) is 10.8. The molecule has 1 N–H and O–H groups in total. The fraction of sp³-hybridized carbons (Fsp3) is 0.857. The minimum atomic E-state index is 0.837. The highest BCUT2D eigenvalue weighted by Crippen LogP contribution is 2.44. The third-order valence-corrected chi connectivity index (χ3v) is 4.14. The van der Waals surface area contributed by atoms with Crippen molar-refractivity contribution in [3.8, 4) is 0 Å². The van der Waals surface area contributed by atoms with E-state index < -0.39 is 0 Å². The molecule has 1 aliphatic heterocycles. The molecule has 2 fully saturated rings. The Bertz CT molecular complexity index is 254. The lowest BCUT2D eigenvalue weighted by molar-refractivity contribution is 0.153. The molecular formula is C14H23NO. The van der Waals surface area contributed by atoms with E-state index in [1.807, 2.05) is 0 Å². The Kier molecular flexibility index (Phi) is 3.30. The minimum Gasteiger partial charge on any atom is -0.377 e. The molecule has 0 radical (unpaired) electrons. The minimum absolute atomic E-state index is 0.837. The second-order valence-corrected chi connectivity index (χ2v) is 5.59. The van der Waals surface area contributed by atoms with E-state index in [0.29, 0.717) is 0 Å². The standard InChI is InChI=1S/C14H23NO/c1-2-12(1)14(13-3-4-13)15-8-5-11-6-9-16-10-7-11/h6,12-15H,1-5,7-10H2. The average Bonchev–Trinajstić information content (AvgIpc) is 3.17. The maximum absolute atomic E-state index is 5.33. The van der Waals surface area contributed by atoms with E-state index in [-0.39, 0.29) is 0 Å². The maximum atomic E-state index is 5.33. The zero-order valence-electron chi connectivity index (χ0n) is 10.1. The van der Waals surface area contributed by atoms with Crippen molar-refractivity contribution < 1.29 is 4.74 Å². The lowest BCUT2D eigenvalue weighted by Crippen LogP contribution is -2.34. The van der Waals surface area contributed by atoms with Crippen LogP contribution in [0.4, 0.5) is 0 Å². The molecule has 90 valence electrons. The quantitative estimate of drug-likeness (QED) is 0.696. The SMILES string of the molecule is C1=C(CCNC(C2CC2)C2CC2)CCOC1. The Morgan fingerprint density at radius 1 is 1.25 bits per heavy atom. The lowest BCUT2D eigenvalue weighted by atomic mass is 10.1. The first-order valence-corrected chi connectivity index (χ1v) is 6.92. The second kappa shape index (κ2) is 4.89. The van der Waals surface area contributed by atoms with Crippen molar-refractivity contribution in [3.05, 3.63) is 11.6 Å². The molecule has 0 unspecified atom stereocenters. The molecule has 1 heterocycles. The number of nitrogens with one attached hydrogen (secondary N) is 1. The van der Waals surface area contributed by atoms with Gasteiger partial charge in [0.25, 0.3) is 0 Å². The molecule has 0 aromatic rings. The zero-order valence-corrected chi connectivity index (χ0v) is 10.1. The van der Waals surface area contributed by atoms with Gasteiger partial charge in [0.05, 0.1) is 13.2 Å². The highest BCUT2D eigenvalue weighted by atomic mass is 16.5. The predicted molar refractivity (Wildman–Crippen MR) is 65.4 cm³/mol. The van der Waals surface area contributed by atoms with Crippen molar-refractivity contribution >= 4 is 0 Å². The molecule has 2 aliphatic carbocycles. The van der Waals surface area contributed by atoms with E-state index in [4.69, 9.17) is 4.74 Å². The van der Waals surface area contributed by atoms with Crippen LogP contribution in [-0.4, -0.2) is 25.8 Å². The van der Waals surface area contributed by atoms with E-state index in [1.165, 1.54) is 38.6 Å². The summed E-state index contributed by atoms with van der Waals surface area (Å²) < 4.78 is 5.33. The molecule has 0 atom stereocenters. The molecule has 2 heteroatoms. The second-order valence-electron chi connectivity index (χ2n) is 5.59. The third kappa shape index (κ3) is 2.86. The summed E-state index contributed by atoms with van der Waals surface area (Å²) in [5.41, 5.74) is 1.60. The number of rotatable bonds is 6. The van der Waals surface area contributed by atoms with Crippen LogP contribution in [0.25, 0.3) is 0 Å². The first-order valence-electron chi connectivity index (χ1n) is 6.92. The van der Waals surface area contributed by atoms with Gasteiger partial charge in [0.1, 0.15) is 0 Å². The van der Waals surface area contributed by atoms with Crippen LogP contribution in [0.2, 0.25) is 0 Å². The van der Waals surface area contributed by atoms with Gasteiger partial charge in [0.15, 0.2) is 0 Å². The molecular weight excluding hydrogens is 198 g/mol. The summed E-state index contributed by atoms with van der Waals surface area (Å²) in [4.78, 5) is 0. The van der Waals surface area contributed by atoms with Gasteiger partial charge in [-0.2, -0.15) is 0 Å². The first kappa shape index (κ1) is 10.8. The molecule has 2 saturated carbocycles. The molecule has 0 saturated heterocycles. The Morgan fingerprint density at radius 3 is 2.56 bits per heavy atom. The third-order valence-electron chi connectivity index (χ3n) is 4.14. The molecule has 0 amide bonds. The Labute approximate surface area is 98.4 Å². The Balaban J connectivity index is 1.39. The number of ether oxygens (including phenoxy) is 1. The van der Waals surface area contributed by atoms with Crippen molar-refractivity contribution in [2.24, 2.45) is 11.8 Å². The van der Waals surface area contributed by atoms with Gasteiger partial charge in [-0.3, -0.25) is 0 Å². The smallest absolute Gasteiger partial charge is 0.0650 e. The van der Waals surface area contributed by atoms with Crippen LogP contribution in [0.15, 0.2) is 11.6 Å². The normalized spacial score (nSPS) is 25.9. The summed E-state index contributed by atoms with van der Waals surface area (Å²) in [5.74, 6) is 2.05. The number of hydrogen-bond acceptors (Lipinski definition) is 2. The van der Waals surface area contributed by atoms with Crippen LogP contribution >= 0.6 is 0 Å². The van der Waals surface area contributed by atoms with Crippen LogP contribution in [0, 0.1) is 11.8 Å². The van der Waals surface area contributed by atoms with Gasteiger partial charge in [-0.1, -0.05) is 11.6 Å². The monoisotopic (exact) mass is 221 g/mol. The summed E-state index contributed by atoms with van der Waals surface area (Å²) >= 11 is 0. The maximum Gasteiger partial charge on any atom is 0.0650 e. The van der Waals surface area contributed by atoms with Gasteiger partial charge in [0.2, 0.25) is 0 Å². The van der Waals surface area contributed by atoms with E-state index in [0.717, 1.165) is 37.5 Å². The highest BCUT2D eigenvalue weighted by Gasteiger charge is 2.40. The van der Waals surface area contributed by atoms with Gasteiger partial charge in [-0.15, -0.1) is 0 Å². The van der Waals surface area contributed by atoms with Crippen LogP contribution in [0.1, 0.15) is 38.5 Å². The van der Waals surface area contributed by atoms with Crippen molar-refractivity contribution in [1.29, 1.82) is 0 Å². The predicted octanol–water partition coefficient (Wildman–Crippen LogP) is 2.50. The lowest BCUT2D eigenvalue weighted by Gasteiger charge is -2.19. The molecule has 2 nitrogen and oxygen atoms in total. The number of hydrogen-bond donors (Lipinski definition) is 1. The van der Waals surface area contributed by atoms with Crippen molar-refractivity contribution in [2.75, 3.05) is 19.8 Å². The van der Waals surface area contributed by atoms with E-state index in [2.05, 4.69) is 11.4 Å². The van der Waals surface area contributed by atoms with Gasteiger partial charge < -0.3 is 10.1 Å². The summed E-state index contributed by atoms with van der Waals surface area (Å²) in [7, 11) is 0. The summed E-state index contributed by atoms with van der Waals surface area (Å²) in [5, 5.41) is 3.81. The van der Waals surface area contributed by atoms with E-state index in [1.54, 1.807) is 5.57 Å². The van der Waals surface area contributed by atoms with Crippen molar-refractivity contribution in [2.45, 2.75) is 44.6 Å². The largest absolute Gasteiger partial charge is 0.377 e. The van der Waals surface area contributed by atoms with Crippen LogP contribution in [0.3, 0.4) is 0 Å². The molecule has 16 heavy (non-hydrogen) atoms.